The van der Waals surface area contributed by atoms with Crippen LogP contribution in [-0.4, -0.2) is 104 Å². The first-order chi connectivity index (χ1) is 36.2. The smallest absolute Gasteiger partial charge is 0.255 e. The molecule has 3 saturated heterocycles. The lowest BCUT2D eigenvalue weighted by Gasteiger charge is -2.29. The van der Waals surface area contributed by atoms with Gasteiger partial charge in [0, 0.05) is 111 Å². The molecule has 0 spiro atoms. The van der Waals surface area contributed by atoms with Crippen molar-refractivity contribution in [1.82, 2.24) is 24.9 Å². The van der Waals surface area contributed by atoms with Gasteiger partial charge in [-0.15, -0.1) is 0 Å². The van der Waals surface area contributed by atoms with Gasteiger partial charge in [0.25, 0.3) is 16.7 Å². The number of fused-ring (bicyclic) bond motifs is 5. The summed E-state index contributed by atoms with van der Waals surface area (Å²) in [6.45, 7) is 9.69. The summed E-state index contributed by atoms with van der Waals surface area (Å²) in [4.78, 5) is 57.0. The minimum absolute atomic E-state index is 0.0249. The van der Waals surface area contributed by atoms with Crippen molar-refractivity contribution in [3.8, 4) is 0 Å². The van der Waals surface area contributed by atoms with Crippen molar-refractivity contribution in [1.29, 1.82) is 0 Å². The zero-order chi connectivity index (χ0) is 51.2. The maximum atomic E-state index is 13.6. The van der Waals surface area contributed by atoms with Gasteiger partial charge >= 0.3 is 0 Å². The number of morpholine rings is 3. The third-order valence-corrected chi connectivity index (χ3v) is 13.7. The van der Waals surface area contributed by atoms with E-state index in [4.69, 9.17) is 25.8 Å². The zero-order valence-corrected chi connectivity index (χ0v) is 42.7. The Balaban J connectivity index is 0.000000115. The number of nitrogens with zero attached hydrogens (tertiary/aromatic N) is 5. The van der Waals surface area contributed by atoms with E-state index in [0.717, 1.165) is 130 Å². The Hall–Kier alpha value is -7.47. The van der Waals surface area contributed by atoms with Gasteiger partial charge in [0.2, 0.25) is 5.95 Å². The number of aromatic amines is 3. The molecular formula is C57H53BrClFN8O6. The number of pyridine rings is 5. The van der Waals surface area contributed by atoms with E-state index in [1.54, 1.807) is 36.9 Å². The molecule has 14 nitrogen and oxygen atoms in total. The van der Waals surface area contributed by atoms with Crippen LogP contribution in [0.1, 0.15) is 0 Å². The fraction of sp³-hybridized carbons (Fsp3) is 0.211. The maximum absolute atomic E-state index is 13.6. The molecule has 0 aliphatic carbocycles. The Morgan fingerprint density at radius 3 is 1.38 bits per heavy atom. The third-order valence-electron chi connectivity index (χ3n) is 12.7. The molecule has 3 aliphatic rings. The molecule has 3 N–H and O–H groups in total. The van der Waals surface area contributed by atoms with Crippen LogP contribution in [0.5, 0.6) is 0 Å². The minimum Gasteiger partial charge on any atom is -0.378 e. The van der Waals surface area contributed by atoms with Crippen LogP contribution in [0, 0.1) is 5.95 Å². The van der Waals surface area contributed by atoms with Gasteiger partial charge in [0.05, 0.1) is 69.1 Å². The summed E-state index contributed by atoms with van der Waals surface area (Å²) in [7, 11) is 0. The SMILES string of the molecule is Clc1ncc(N2CCOCC2)c2ccccc12.Fc1ncc(N2CCOCC2)c2ccccc12.O=c1[nH]cc(Br)c2ccccc12.O=c1[nH]cc(N2CCOCC2)c2ccccc12.O=c1[nH]ccc2ccccc12. The van der Waals surface area contributed by atoms with Gasteiger partial charge in [-0.1, -0.05) is 109 Å². The predicted molar refractivity (Wildman–Crippen MR) is 299 cm³/mol. The average molecular weight is 1080 g/mol. The second-order valence-corrected chi connectivity index (χ2v) is 18.4. The maximum Gasteiger partial charge on any atom is 0.255 e. The first-order valence-corrected chi connectivity index (χ1v) is 25.4. The molecule has 13 rings (SSSR count). The first-order valence-electron chi connectivity index (χ1n) is 24.2. The summed E-state index contributed by atoms with van der Waals surface area (Å²) in [5, 5.41) is 9.39. The van der Waals surface area contributed by atoms with Gasteiger partial charge in [-0.05, 0) is 51.6 Å². The Bertz CT molecular complexity index is 3590. The summed E-state index contributed by atoms with van der Waals surface area (Å²) in [6, 6.07) is 40.1. The molecule has 3 fully saturated rings. The fourth-order valence-electron chi connectivity index (χ4n) is 8.97. The second-order valence-electron chi connectivity index (χ2n) is 17.2. The highest BCUT2D eigenvalue weighted by molar-refractivity contribution is 9.10. The van der Waals surface area contributed by atoms with Crippen LogP contribution < -0.4 is 31.4 Å². The quantitative estimate of drug-likeness (QED) is 0.144. The summed E-state index contributed by atoms with van der Waals surface area (Å²) < 4.78 is 30.5. The van der Waals surface area contributed by atoms with Crippen LogP contribution in [0.25, 0.3) is 53.9 Å². The summed E-state index contributed by atoms with van der Waals surface area (Å²) in [6.07, 6.45) is 8.59. The lowest BCUT2D eigenvalue weighted by molar-refractivity contribution is 0.122. The molecule has 0 saturated carbocycles. The molecule has 0 unspecified atom stereocenters. The average Bonchev–Trinajstić information content (AvgIpc) is 3.46. The lowest BCUT2D eigenvalue weighted by Crippen LogP contribution is -2.36. The number of halogens is 3. The highest BCUT2D eigenvalue weighted by Crippen LogP contribution is 2.31. The van der Waals surface area contributed by atoms with Crippen molar-refractivity contribution in [2.45, 2.75) is 0 Å². The molecule has 5 aromatic heterocycles. The molecule has 8 heterocycles. The van der Waals surface area contributed by atoms with Crippen molar-refractivity contribution < 1.29 is 18.6 Å². The first kappa shape index (κ1) is 51.4. The largest absolute Gasteiger partial charge is 0.378 e. The summed E-state index contributed by atoms with van der Waals surface area (Å²) in [5.41, 5.74) is 3.12. The van der Waals surface area contributed by atoms with E-state index >= 15 is 0 Å². The molecule has 0 bridgehead atoms. The molecule has 3 aliphatic heterocycles. The Morgan fingerprint density at radius 1 is 0.446 bits per heavy atom. The van der Waals surface area contributed by atoms with Crippen molar-refractivity contribution in [3.05, 3.63) is 205 Å². The van der Waals surface area contributed by atoms with Gasteiger partial charge in [0.1, 0.15) is 5.15 Å². The predicted octanol–water partition coefficient (Wildman–Crippen LogP) is 10.1. The zero-order valence-electron chi connectivity index (χ0n) is 40.3. The number of rotatable bonds is 3. The minimum atomic E-state index is -0.405. The monoisotopic (exact) mass is 1080 g/mol. The topological polar surface area (TPSA) is 162 Å². The molecule has 0 atom stereocenters. The van der Waals surface area contributed by atoms with Crippen molar-refractivity contribution in [2.24, 2.45) is 0 Å². The number of hydrogen-bond acceptors (Lipinski definition) is 11. The van der Waals surface area contributed by atoms with E-state index < -0.39 is 5.95 Å². The number of aromatic nitrogens is 5. The normalized spacial score (nSPS) is 14.5. The Kier molecular flexibility index (Phi) is 17.4. The van der Waals surface area contributed by atoms with E-state index in [2.05, 4.69) is 61.6 Å². The van der Waals surface area contributed by atoms with E-state index in [-0.39, 0.29) is 16.7 Å². The van der Waals surface area contributed by atoms with Gasteiger partial charge in [-0.25, -0.2) is 9.97 Å². The highest BCUT2D eigenvalue weighted by atomic mass is 79.9. The molecule has 0 radical (unpaired) electrons. The number of nitrogens with one attached hydrogen (secondary N) is 3. The lowest BCUT2D eigenvalue weighted by atomic mass is 10.1. The van der Waals surface area contributed by atoms with Crippen LogP contribution >= 0.6 is 27.5 Å². The molecular weight excluding hydrogens is 1030 g/mol. The molecule has 0 amide bonds. The Morgan fingerprint density at radius 2 is 0.838 bits per heavy atom. The Labute approximate surface area is 438 Å². The van der Waals surface area contributed by atoms with Gasteiger partial charge in [0.15, 0.2) is 0 Å². The van der Waals surface area contributed by atoms with Crippen LogP contribution in [0.15, 0.2) is 177 Å². The molecule has 17 heteroatoms. The van der Waals surface area contributed by atoms with E-state index in [1.165, 1.54) is 0 Å². The van der Waals surface area contributed by atoms with Crippen molar-refractivity contribution >= 4 is 98.5 Å². The summed E-state index contributed by atoms with van der Waals surface area (Å²) in [5.74, 6) is -0.405. The van der Waals surface area contributed by atoms with Crippen LogP contribution in [0.4, 0.5) is 21.5 Å². The van der Waals surface area contributed by atoms with Gasteiger partial charge in [-0.3, -0.25) is 14.4 Å². The second kappa shape index (κ2) is 25.0. The summed E-state index contributed by atoms with van der Waals surface area (Å²) >= 11 is 9.47. The number of H-pyrrole nitrogens is 3. The standard InChI is InChI=1S/C13H13ClN2O.C13H13FN2O.C13H14N2O2.C9H6BrNO.C9H7NO/c2*14-13-11-4-2-1-3-10(11)12(9-15-13)16-5-7-17-8-6-16;16-13-11-4-2-1-3-10(11)12(9-14-13)15-5-7-17-8-6-15;10-8-5-11-9(12)7-4-2-1-3-6(7)8;11-9-8-4-2-1-3-7(8)5-6-10-9/h2*1-4,9H,5-8H2;1-4,9H,5-8H2,(H,14,16);1-5H,(H,11,12);1-6H,(H,10,11). The van der Waals surface area contributed by atoms with Crippen LogP contribution in [-0.2, 0) is 14.2 Å². The highest BCUT2D eigenvalue weighted by Gasteiger charge is 2.18. The third kappa shape index (κ3) is 12.3. The molecule has 10 aromatic rings. The van der Waals surface area contributed by atoms with E-state index in [9.17, 15) is 18.8 Å². The molecule has 74 heavy (non-hydrogen) atoms. The van der Waals surface area contributed by atoms with Crippen molar-refractivity contribution in [2.75, 3.05) is 93.6 Å². The molecule has 378 valence electrons. The fourth-order valence-corrected chi connectivity index (χ4v) is 9.64. The number of hydrogen-bond donors (Lipinski definition) is 3. The number of anilines is 3. The van der Waals surface area contributed by atoms with Gasteiger partial charge in [-0.2, -0.15) is 4.39 Å². The number of benzene rings is 5. The van der Waals surface area contributed by atoms with E-state index in [1.807, 2.05) is 115 Å². The van der Waals surface area contributed by atoms with E-state index in [0.29, 0.717) is 29.1 Å². The van der Waals surface area contributed by atoms with Crippen LogP contribution in [0.2, 0.25) is 5.15 Å². The van der Waals surface area contributed by atoms with Gasteiger partial charge < -0.3 is 43.9 Å². The number of ether oxygens (including phenoxy) is 3. The van der Waals surface area contributed by atoms with Crippen LogP contribution in [0.3, 0.4) is 0 Å². The van der Waals surface area contributed by atoms with Crippen molar-refractivity contribution in [3.63, 3.8) is 0 Å². The molecule has 5 aromatic carbocycles.